The molecule has 1 fully saturated rings. The van der Waals surface area contributed by atoms with Gasteiger partial charge in [0.15, 0.2) is 5.82 Å². The van der Waals surface area contributed by atoms with Gasteiger partial charge in [0.25, 0.3) is 0 Å². The van der Waals surface area contributed by atoms with Crippen LogP contribution >= 0.6 is 23.1 Å². The lowest BCUT2D eigenvalue weighted by molar-refractivity contribution is -0.126. The lowest BCUT2D eigenvalue weighted by atomic mass is 9.89. The Bertz CT molecular complexity index is 1320. The van der Waals surface area contributed by atoms with E-state index in [9.17, 15) is 9.90 Å². The number of anilines is 1. The Morgan fingerprint density at radius 3 is 2.94 bits per heavy atom. The summed E-state index contributed by atoms with van der Waals surface area (Å²) in [5.74, 6) is -0.480. The van der Waals surface area contributed by atoms with Crippen molar-refractivity contribution in [3.05, 3.63) is 58.9 Å². The number of carbonyl (C=O) groups is 1. The van der Waals surface area contributed by atoms with Gasteiger partial charge in [-0.2, -0.15) is 4.37 Å². The summed E-state index contributed by atoms with van der Waals surface area (Å²) < 4.78 is 20.3. The number of allylic oxidation sites excluding steroid dienone is 1. The first-order valence-corrected chi connectivity index (χ1v) is 12.0. The number of aryl methyl sites for hydroxylation is 1. The third kappa shape index (κ3) is 3.69. The molecular weight excluding hydrogens is 461 g/mol. The largest absolute Gasteiger partial charge is 0.508 e. The number of fused-ring (bicyclic) bond motifs is 2. The molecule has 1 aliphatic carbocycles. The fourth-order valence-corrected chi connectivity index (χ4v) is 6.07. The van der Waals surface area contributed by atoms with Gasteiger partial charge in [-0.1, -0.05) is 30.3 Å². The predicted molar refractivity (Wildman–Crippen MR) is 133 cm³/mol. The minimum absolute atomic E-state index is 0.0380. The Labute approximate surface area is 200 Å². The third-order valence-electron chi connectivity index (χ3n) is 6.41. The van der Waals surface area contributed by atoms with Crippen molar-refractivity contribution in [1.29, 1.82) is 0 Å². The highest BCUT2D eigenvalue weighted by atomic mass is 35.5. The van der Waals surface area contributed by atoms with Crippen molar-refractivity contribution >= 4 is 51.0 Å². The van der Waals surface area contributed by atoms with Crippen LogP contribution in [0.3, 0.4) is 0 Å². The molecule has 2 heterocycles. The van der Waals surface area contributed by atoms with Gasteiger partial charge in [-0.3, -0.25) is 4.79 Å². The number of nitrogens with zero attached hydrogens (tertiary/aromatic N) is 3. The zero-order chi connectivity index (χ0) is 23.3. The highest BCUT2D eigenvalue weighted by molar-refractivity contribution is 7.11. The number of rotatable bonds is 3. The average molecular weight is 484 g/mol. The summed E-state index contributed by atoms with van der Waals surface area (Å²) in [6, 6.07) is 5.10. The monoisotopic (exact) mass is 483 g/mol. The number of phenolic OH excluding ortho intramolecular Hbond substituents is 1. The van der Waals surface area contributed by atoms with Gasteiger partial charge in [-0.15, -0.1) is 0 Å². The fourth-order valence-electron chi connectivity index (χ4n) is 4.79. The van der Waals surface area contributed by atoms with Crippen molar-refractivity contribution < 1.29 is 14.3 Å². The van der Waals surface area contributed by atoms with E-state index in [1.807, 2.05) is 19.1 Å². The molecule has 0 radical (unpaired) electrons. The molecule has 1 aromatic heterocycles. The molecule has 0 saturated carbocycles. The molecule has 1 unspecified atom stereocenters. The van der Waals surface area contributed by atoms with Gasteiger partial charge in [0.05, 0.1) is 5.02 Å². The van der Waals surface area contributed by atoms with Crippen LogP contribution in [0.1, 0.15) is 24.5 Å². The van der Waals surface area contributed by atoms with Gasteiger partial charge < -0.3 is 14.9 Å². The molecule has 0 spiro atoms. The molecule has 33 heavy (non-hydrogen) atoms. The molecule has 170 valence electrons. The predicted octanol–water partition coefficient (Wildman–Crippen LogP) is 5.64. The molecule has 8 heteroatoms. The minimum Gasteiger partial charge on any atom is -0.508 e. The number of benzene rings is 2. The number of carbonyl (C=O) groups excluding carboxylic acids is 1. The SMILES string of the molecule is C=CC(=O)N1CCN(c2snc3c(F)c(-c4cc(O)cc5c4C=CCC5)c(Cl)cc23)C(C)C1. The first-order chi connectivity index (χ1) is 15.9. The molecule has 2 aromatic carbocycles. The van der Waals surface area contributed by atoms with Crippen molar-refractivity contribution in [1.82, 2.24) is 9.27 Å². The number of amides is 1. The van der Waals surface area contributed by atoms with E-state index in [0.29, 0.717) is 30.6 Å². The Morgan fingerprint density at radius 1 is 1.36 bits per heavy atom. The summed E-state index contributed by atoms with van der Waals surface area (Å²) in [6.45, 7) is 7.33. The lowest BCUT2D eigenvalue weighted by Crippen LogP contribution is -2.53. The van der Waals surface area contributed by atoms with E-state index < -0.39 is 5.82 Å². The van der Waals surface area contributed by atoms with Crippen molar-refractivity contribution in [2.45, 2.75) is 25.8 Å². The number of hydrogen-bond acceptors (Lipinski definition) is 5. The smallest absolute Gasteiger partial charge is 0.246 e. The van der Waals surface area contributed by atoms with Crippen LogP contribution in [0.15, 0.2) is 36.9 Å². The van der Waals surface area contributed by atoms with Crippen LogP contribution in [0.5, 0.6) is 5.75 Å². The molecule has 5 nitrogen and oxygen atoms in total. The quantitative estimate of drug-likeness (QED) is 0.489. The van der Waals surface area contributed by atoms with E-state index >= 15 is 4.39 Å². The van der Waals surface area contributed by atoms with E-state index in [1.54, 1.807) is 23.1 Å². The van der Waals surface area contributed by atoms with E-state index in [-0.39, 0.29) is 33.8 Å². The Hall–Kier alpha value is -2.90. The van der Waals surface area contributed by atoms with Gasteiger partial charge in [-0.05, 0) is 72.3 Å². The van der Waals surface area contributed by atoms with E-state index in [1.165, 1.54) is 17.6 Å². The van der Waals surface area contributed by atoms with Crippen LogP contribution in [-0.2, 0) is 11.2 Å². The number of aromatic nitrogens is 1. The number of piperazine rings is 1. The first-order valence-electron chi connectivity index (χ1n) is 10.9. The molecule has 0 bridgehead atoms. The average Bonchev–Trinajstić information content (AvgIpc) is 3.22. The number of hydrogen-bond donors (Lipinski definition) is 1. The maximum Gasteiger partial charge on any atom is 0.246 e. The van der Waals surface area contributed by atoms with Gasteiger partial charge in [-0.25, -0.2) is 4.39 Å². The van der Waals surface area contributed by atoms with Crippen molar-refractivity contribution in [3.8, 4) is 16.9 Å². The van der Waals surface area contributed by atoms with Crippen LogP contribution < -0.4 is 4.90 Å². The summed E-state index contributed by atoms with van der Waals surface area (Å²) in [5, 5.41) is 12.0. The molecule has 1 amide bonds. The summed E-state index contributed by atoms with van der Waals surface area (Å²) in [7, 11) is 0. The van der Waals surface area contributed by atoms with Crippen LogP contribution in [0.2, 0.25) is 5.02 Å². The molecule has 3 aromatic rings. The normalized spacial score (nSPS) is 18.0. The molecule has 1 atom stereocenters. The highest BCUT2D eigenvalue weighted by Crippen LogP contribution is 2.44. The van der Waals surface area contributed by atoms with Crippen molar-refractivity contribution in [2.24, 2.45) is 0 Å². The Kier molecular flexibility index (Phi) is 5.62. The second-order valence-electron chi connectivity index (χ2n) is 8.47. The Balaban J connectivity index is 1.58. The van der Waals surface area contributed by atoms with Crippen molar-refractivity contribution in [3.63, 3.8) is 0 Å². The highest BCUT2D eigenvalue weighted by Gasteiger charge is 2.30. The Morgan fingerprint density at radius 2 is 2.18 bits per heavy atom. The maximum atomic E-state index is 15.9. The topological polar surface area (TPSA) is 56.7 Å². The van der Waals surface area contributed by atoms with Gasteiger partial charge in [0.1, 0.15) is 16.3 Å². The third-order valence-corrected chi connectivity index (χ3v) is 7.60. The zero-order valence-electron chi connectivity index (χ0n) is 18.1. The number of halogens is 2. The fraction of sp³-hybridized carbons (Fsp3) is 0.280. The lowest BCUT2D eigenvalue weighted by Gasteiger charge is -2.40. The van der Waals surface area contributed by atoms with Crippen LogP contribution in [0.25, 0.3) is 28.1 Å². The van der Waals surface area contributed by atoms with E-state index in [2.05, 4.69) is 15.9 Å². The standard InChI is InChI=1S/C25H23ClFN3O2S/c1-3-21(32)29-8-9-30(14(2)13-29)25-19-12-20(26)22(23(27)24(19)28-33-25)18-11-16(31)10-15-6-4-5-7-17(15)18/h3,5,7,10-12,14,31H,1,4,6,8-9,13H2,2H3. The summed E-state index contributed by atoms with van der Waals surface area (Å²) >= 11 is 7.91. The summed E-state index contributed by atoms with van der Waals surface area (Å²) in [6.07, 6.45) is 7.01. The molecular formula is C25H23ClFN3O2S. The zero-order valence-corrected chi connectivity index (χ0v) is 19.7. The van der Waals surface area contributed by atoms with Crippen molar-refractivity contribution in [2.75, 3.05) is 24.5 Å². The molecule has 5 rings (SSSR count). The van der Waals surface area contributed by atoms with Crippen LogP contribution in [-0.4, -0.2) is 46.0 Å². The molecule has 1 N–H and O–H groups in total. The van der Waals surface area contributed by atoms with Gasteiger partial charge in [0, 0.05) is 36.6 Å². The first kappa shape index (κ1) is 21.9. The molecule has 1 aliphatic heterocycles. The van der Waals surface area contributed by atoms with Crippen LogP contribution in [0.4, 0.5) is 9.39 Å². The van der Waals surface area contributed by atoms with Gasteiger partial charge in [0.2, 0.25) is 5.91 Å². The van der Waals surface area contributed by atoms with E-state index in [0.717, 1.165) is 29.0 Å². The maximum absolute atomic E-state index is 15.9. The van der Waals surface area contributed by atoms with Gasteiger partial charge >= 0.3 is 0 Å². The minimum atomic E-state index is -0.486. The summed E-state index contributed by atoms with van der Waals surface area (Å²) in [5.41, 5.74) is 2.95. The molecule has 2 aliphatic rings. The number of phenols is 1. The second-order valence-corrected chi connectivity index (χ2v) is 9.63. The molecule has 1 saturated heterocycles. The van der Waals surface area contributed by atoms with Crippen LogP contribution in [0, 0.1) is 5.82 Å². The number of aromatic hydroxyl groups is 1. The second kappa shape index (κ2) is 8.47. The van der Waals surface area contributed by atoms with E-state index in [4.69, 9.17) is 11.6 Å². The summed E-state index contributed by atoms with van der Waals surface area (Å²) in [4.78, 5) is 15.9.